The Kier molecular flexibility index (Phi) is 7.94. The fourth-order valence-electron chi connectivity index (χ4n) is 4.59. The van der Waals surface area contributed by atoms with Gasteiger partial charge in [0.25, 0.3) is 0 Å². The summed E-state index contributed by atoms with van der Waals surface area (Å²) in [4.78, 5) is 14.8. The summed E-state index contributed by atoms with van der Waals surface area (Å²) in [6, 6.07) is 2.33. The molecule has 27 heavy (non-hydrogen) atoms. The standard InChI is InChI=1S/C18H19NO2.3C2H6/c20-18-13-6-1-5-12(13)15-10-11-4-2-8-19-9-3-7-14(16(11)19)17(15)21-18;3*1-2/h10H,1-9H2;3*1-2H3. The van der Waals surface area contributed by atoms with Crippen molar-refractivity contribution in [1.29, 1.82) is 0 Å². The first kappa shape index (κ1) is 21.5. The van der Waals surface area contributed by atoms with E-state index in [4.69, 9.17) is 4.42 Å². The smallest absolute Gasteiger partial charge is 0.339 e. The molecule has 1 aromatic carbocycles. The van der Waals surface area contributed by atoms with Crippen molar-refractivity contribution in [2.24, 2.45) is 0 Å². The summed E-state index contributed by atoms with van der Waals surface area (Å²) in [6.07, 6.45) is 7.67. The van der Waals surface area contributed by atoms with Crippen molar-refractivity contribution in [2.45, 2.75) is 86.5 Å². The van der Waals surface area contributed by atoms with E-state index < -0.39 is 0 Å². The first-order valence-corrected chi connectivity index (χ1v) is 11.2. The minimum atomic E-state index is -0.0841. The molecule has 0 amide bonds. The molecule has 0 radical (unpaired) electrons. The molecule has 0 atom stereocenters. The largest absolute Gasteiger partial charge is 0.422 e. The average molecular weight is 372 g/mol. The van der Waals surface area contributed by atoms with Crippen molar-refractivity contribution < 1.29 is 4.42 Å². The van der Waals surface area contributed by atoms with E-state index in [9.17, 15) is 4.79 Å². The van der Waals surface area contributed by atoms with Crippen LogP contribution in [0.5, 0.6) is 0 Å². The quantitative estimate of drug-likeness (QED) is 0.528. The van der Waals surface area contributed by atoms with Crippen LogP contribution in [0.2, 0.25) is 0 Å². The Bertz CT molecular complexity index is 817. The number of hydrogen-bond acceptors (Lipinski definition) is 3. The molecule has 1 aromatic heterocycles. The molecule has 5 rings (SSSR count). The van der Waals surface area contributed by atoms with Gasteiger partial charge in [0.05, 0.1) is 0 Å². The average Bonchev–Trinajstić information content (AvgIpc) is 3.25. The summed E-state index contributed by atoms with van der Waals surface area (Å²) < 4.78 is 5.79. The second-order valence-electron chi connectivity index (χ2n) is 6.63. The van der Waals surface area contributed by atoms with Crippen LogP contribution in [0.15, 0.2) is 15.3 Å². The third-order valence-electron chi connectivity index (χ3n) is 5.46. The summed E-state index contributed by atoms with van der Waals surface area (Å²) in [7, 11) is 0. The van der Waals surface area contributed by atoms with E-state index in [1.54, 1.807) is 0 Å². The maximum atomic E-state index is 12.3. The molecule has 0 bridgehead atoms. The van der Waals surface area contributed by atoms with Crippen molar-refractivity contribution >= 4 is 16.7 Å². The van der Waals surface area contributed by atoms with E-state index in [-0.39, 0.29) is 5.63 Å². The van der Waals surface area contributed by atoms with E-state index in [2.05, 4.69) is 11.0 Å². The number of hydrogen-bond donors (Lipinski definition) is 0. The van der Waals surface area contributed by atoms with Gasteiger partial charge in [-0.15, -0.1) is 0 Å². The van der Waals surface area contributed by atoms with E-state index in [0.717, 1.165) is 49.9 Å². The summed E-state index contributed by atoms with van der Waals surface area (Å²) in [5.74, 6) is 0. The summed E-state index contributed by atoms with van der Waals surface area (Å²) in [5.41, 5.74) is 7.21. The van der Waals surface area contributed by atoms with Gasteiger partial charge in [-0.25, -0.2) is 4.79 Å². The molecule has 3 aliphatic rings. The number of aryl methyl sites for hydroxylation is 3. The van der Waals surface area contributed by atoms with Crippen molar-refractivity contribution in [3.8, 4) is 0 Å². The lowest BCUT2D eigenvalue weighted by Crippen LogP contribution is -2.34. The molecular weight excluding hydrogens is 334 g/mol. The molecule has 2 aliphatic heterocycles. The highest BCUT2D eigenvalue weighted by atomic mass is 16.4. The van der Waals surface area contributed by atoms with Gasteiger partial charge in [0, 0.05) is 35.3 Å². The molecule has 0 N–H and O–H groups in total. The molecule has 0 fully saturated rings. The minimum absolute atomic E-state index is 0.0841. The van der Waals surface area contributed by atoms with Crippen LogP contribution in [0.4, 0.5) is 5.69 Å². The van der Waals surface area contributed by atoms with Gasteiger partial charge in [-0.05, 0) is 62.1 Å². The number of benzene rings is 1. The number of fused-ring (bicyclic) bond motifs is 4. The Morgan fingerprint density at radius 2 is 1.37 bits per heavy atom. The van der Waals surface area contributed by atoms with Gasteiger partial charge < -0.3 is 9.32 Å². The summed E-state index contributed by atoms with van der Waals surface area (Å²) >= 11 is 0. The molecule has 1 aliphatic carbocycles. The highest BCUT2D eigenvalue weighted by Crippen LogP contribution is 2.41. The topological polar surface area (TPSA) is 33.5 Å². The number of anilines is 1. The maximum Gasteiger partial charge on any atom is 0.339 e. The second-order valence-corrected chi connectivity index (χ2v) is 6.63. The number of rotatable bonds is 0. The molecule has 0 saturated carbocycles. The van der Waals surface area contributed by atoms with Gasteiger partial charge in [0.2, 0.25) is 0 Å². The third kappa shape index (κ3) is 3.79. The SMILES string of the molecule is CC.CC.CC.O=c1oc2c3c4c(cc2c2c1CCC2)CCCN4CCC3. The summed E-state index contributed by atoms with van der Waals surface area (Å²) in [5, 5.41) is 1.24. The molecule has 0 saturated heterocycles. The van der Waals surface area contributed by atoms with Gasteiger partial charge in [-0.2, -0.15) is 0 Å². The van der Waals surface area contributed by atoms with Gasteiger partial charge in [0.1, 0.15) is 5.58 Å². The predicted molar refractivity (Wildman–Crippen MR) is 117 cm³/mol. The molecule has 0 unspecified atom stereocenters. The Balaban J connectivity index is 0.000000400. The maximum absolute atomic E-state index is 12.3. The normalized spacial score (nSPS) is 16.0. The monoisotopic (exact) mass is 371 g/mol. The van der Waals surface area contributed by atoms with Crippen LogP contribution >= 0.6 is 0 Å². The first-order valence-electron chi connectivity index (χ1n) is 11.2. The van der Waals surface area contributed by atoms with Crippen LogP contribution in [0.1, 0.15) is 83.1 Å². The van der Waals surface area contributed by atoms with Crippen molar-refractivity contribution in [1.82, 2.24) is 0 Å². The second kappa shape index (κ2) is 9.96. The fourth-order valence-corrected chi connectivity index (χ4v) is 4.59. The minimum Gasteiger partial charge on any atom is -0.422 e. The van der Waals surface area contributed by atoms with Gasteiger partial charge in [-0.3, -0.25) is 0 Å². The number of nitrogens with zero attached hydrogens (tertiary/aromatic N) is 1. The van der Waals surface area contributed by atoms with Crippen LogP contribution in [0.25, 0.3) is 11.0 Å². The van der Waals surface area contributed by atoms with Crippen LogP contribution in [-0.4, -0.2) is 13.1 Å². The first-order chi connectivity index (χ1) is 13.3. The Hall–Kier alpha value is -1.77. The molecule has 3 heteroatoms. The Morgan fingerprint density at radius 1 is 0.778 bits per heavy atom. The van der Waals surface area contributed by atoms with Gasteiger partial charge in [0.15, 0.2) is 0 Å². The highest BCUT2D eigenvalue weighted by Gasteiger charge is 2.29. The molecule has 3 nitrogen and oxygen atoms in total. The van der Waals surface area contributed by atoms with Gasteiger partial charge >= 0.3 is 5.63 Å². The van der Waals surface area contributed by atoms with E-state index in [1.807, 2.05) is 41.5 Å². The lowest BCUT2D eigenvalue weighted by Gasteiger charge is -2.37. The summed E-state index contributed by atoms with van der Waals surface area (Å²) in [6.45, 7) is 14.3. The van der Waals surface area contributed by atoms with Crippen molar-refractivity contribution in [2.75, 3.05) is 18.0 Å². The lowest BCUT2D eigenvalue weighted by molar-refractivity contribution is 0.542. The lowest BCUT2D eigenvalue weighted by atomic mass is 9.88. The van der Waals surface area contributed by atoms with Crippen molar-refractivity contribution in [3.63, 3.8) is 0 Å². The third-order valence-corrected chi connectivity index (χ3v) is 5.46. The van der Waals surface area contributed by atoms with E-state index in [1.165, 1.54) is 47.0 Å². The fraction of sp³-hybridized carbons (Fsp3) is 0.625. The van der Waals surface area contributed by atoms with Crippen LogP contribution in [0.3, 0.4) is 0 Å². The van der Waals surface area contributed by atoms with Crippen LogP contribution in [-0.2, 0) is 25.7 Å². The molecule has 2 aromatic rings. The van der Waals surface area contributed by atoms with Crippen LogP contribution in [0, 0.1) is 0 Å². The molecule has 150 valence electrons. The zero-order valence-corrected chi connectivity index (χ0v) is 18.2. The van der Waals surface area contributed by atoms with Crippen molar-refractivity contribution in [3.05, 3.63) is 38.7 Å². The zero-order chi connectivity index (χ0) is 20.0. The Morgan fingerprint density at radius 3 is 2.07 bits per heavy atom. The van der Waals surface area contributed by atoms with E-state index in [0.29, 0.717) is 0 Å². The molecular formula is C24H37NO2. The van der Waals surface area contributed by atoms with Gasteiger partial charge in [-0.1, -0.05) is 41.5 Å². The molecule has 3 heterocycles. The predicted octanol–water partition coefficient (Wildman–Crippen LogP) is 6.06. The zero-order valence-electron chi connectivity index (χ0n) is 18.2. The van der Waals surface area contributed by atoms with E-state index >= 15 is 0 Å². The molecule has 0 spiro atoms. The van der Waals surface area contributed by atoms with Crippen LogP contribution < -0.4 is 10.5 Å². The highest BCUT2D eigenvalue weighted by molar-refractivity contribution is 5.91. The Labute approximate surface area is 164 Å².